The van der Waals surface area contributed by atoms with E-state index in [0.29, 0.717) is 35.5 Å². The summed E-state index contributed by atoms with van der Waals surface area (Å²) in [6.45, 7) is 1.27. The molecule has 0 atom stereocenters. The molecule has 1 heterocycles. The molecule has 2 aromatic carbocycles. The minimum atomic E-state index is -0.459. The topological polar surface area (TPSA) is 52.6 Å². The Balaban J connectivity index is 1.80. The number of rotatable bonds is 1. The average molecular weight is 294 g/mol. The zero-order valence-corrected chi connectivity index (χ0v) is 11.9. The SMILES string of the molecule is O=C1c2ccccc2C(=O)c2cc(C3OCCCO3)ccc21. The van der Waals surface area contributed by atoms with Gasteiger partial charge in [-0.05, 0) is 18.6 Å². The highest BCUT2D eigenvalue weighted by Gasteiger charge is 2.30. The molecule has 4 heteroatoms. The van der Waals surface area contributed by atoms with Crippen LogP contribution in [0.15, 0.2) is 42.5 Å². The molecule has 1 aliphatic carbocycles. The fraction of sp³-hybridized carbons (Fsp3) is 0.222. The fourth-order valence-electron chi connectivity index (χ4n) is 2.94. The van der Waals surface area contributed by atoms with E-state index in [2.05, 4.69) is 0 Å². The second-order valence-electron chi connectivity index (χ2n) is 5.44. The number of ether oxygens (including phenoxy) is 2. The highest BCUT2D eigenvalue weighted by Crippen LogP contribution is 2.31. The van der Waals surface area contributed by atoms with Crippen LogP contribution in [0.1, 0.15) is 50.1 Å². The van der Waals surface area contributed by atoms with E-state index < -0.39 is 6.29 Å². The average Bonchev–Trinajstić information content (AvgIpc) is 2.60. The molecular formula is C18H14O4. The van der Waals surface area contributed by atoms with E-state index in [-0.39, 0.29) is 11.6 Å². The lowest BCUT2D eigenvalue weighted by Crippen LogP contribution is -2.22. The summed E-state index contributed by atoms with van der Waals surface area (Å²) in [5.41, 5.74) is 2.58. The molecule has 0 amide bonds. The minimum absolute atomic E-state index is 0.109. The second-order valence-corrected chi connectivity index (χ2v) is 5.44. The molecule has 0 bridgehead atoms. The molecule has 0 unspecified atom stereocenters. The van der Waals surface area contributed by atoms with E-state index in [0.717, 1.165) is 12.0 Å². The molecule has 4 rings (SSSR count). The van der Waals surface area contributed by atoms with Crippen LogP contribution >= 0.6 is 0 Å². The molecule has 0 aromatic heterocycles. The summed E-state index contributed by atoms with van der Waals surface area (Å²) in [7, 11) is 0. The Labute approximate surface area is 127 Å². The Morgan fingerprint density at radius 2 is 1.36 bits per heavy atom. The van der Waals surface area contributed by atoms with Crippen molar-refractivity contribution in [3.8, 4) is 0 Å². The Kier molecular flexibility index (Phi) is 3.13. The number of ketones is 2. The van der Waals surface area contributed by atoms with Crippen LogP contribution in [0.3, 0.4) is 0 Å². The summed E-state index contributed by atoms with van der Waals surface area (Å²) in [5.74, 6) is -0.231. The van der Waals surface area contributed by atoms with E-state index in [1.165, 1.54) is 0 Å². The van der Waals surface area contributed by atoms with Gasteiger partial charge in [0.15, 0.2) is 17.9 Å². The van der Waals surface area contributed by atoms with E-state index in [4.69, 9.17) is 9.47 Å². The maximum Gasteiger partial charge on any atom is 0.194 e. The molecule has 0 radical (unpaired) electrons. The molecule has 110 valence electrons. The van der Waals surface area contributed by atoms with Crippen molar-refractivity contribution in [3.05, 3.63) is 70.3 Å². The van der Waals surface area contributed by atoms with Gasteiger partial charge in [-0.2, -0.15) is 0 Å². The number of hydrogen-bond donors (Lipinski definition) is 0. The molecule has 0 spiro atoms. The van der Waals surface area contributed by atoms with Gasteiger partial charge in [0.25, 0.3) is 0 Å². The molecule has 1 saturated heterocycles. The van der Waals surface area contributed by atoms with Gasteiger partial charge >= 0.3 is 0 Å². The predicted molar refractivity (Wildman–Crippen MR) is 79.0 cm³/mol. The summed E-state index contributed by atoms with van der Waals surface area (Å²) in [5, 5.41) is 0. The number of fused-ring (bicyclic) bond motifs is 2. The van der Waals surface area contributed by atoms with Crippen molar-refractivity contribution in [1.29, 1.82) is 0 Å². The molecule has 0 N–H and O–H groups in total. The third-order valence-corrected chi connectivity index (χ3v) is 4.05. The van der Waals surface area contributed by atoms with Gasteiger partial charge in [-0.3, -0.25) is 9.59 Å². The van der Waals surface area contributed by atoms with Crippen LogP contribution in [0.4, 0.5) is 0 Å². The normalized spacial score (nSPS) is 18.0. The molecule has 1 aliphatic heterocycles. The fourth-order valence-corrected chi connectivity index (χ4v) is 2.94. The lowest BCUT2D eigenvalue weighted by Gasteiger charge is -2.25. The van der Waals surface area contributed by atoms with Crippen LogP contribution in [0.2, 0.25) is 0 Å². The zero-order chi connectivity index (χ0) is 15.1. The van der Waals surface area contributed by atoms with Crippen LogP contribution in [0.25, 0.3) is 0 Å². The first-order valence-electron chi connectivity index (χ1n) is 7.31. The minimum Gasteiger partial charge on any atom is -0.348 e. The van der Waals surface area contributed by atoms with Crippen LogP contribution < -0.4 is 0 Å². The summed E-state index contributed by atoms with van der Waals surface area (Å²) in [6, 6.07) is 12.1. The van der Waals surface area contributed by atoms with Crippen molar-refractivity contribution >= 4 is 11.6 Å². The van der Waals surface area contributed by atoms with Gasteiger partial charge in [-0.15, -0.1) is 0 Å². The summed E-state index contributed by atoms with van der Waals surface area (Å²) >= 11 is 0. The van der Waals surface area contributed by atoms with Crippen LogP contribution in [-0.4, -0.2) is 24.8 Å². The number of carbonyl (C=O) groups excluding carboxylic acids is 2. The summed E-state index contributed by atoms with van der Waals surface area (Å²) < 4.78 is 11.1. The van der Waals surface area contributed by atoms with Crippen molar-refractivity contribution in [2.75, 3.05) is 13.2 Å². The van der Waals surface area contributed by atoms with Crippen molar-refractivity contribution in [1.82, 2.24) is 0 Å². The van der Waals surface area contributed by atoms with Gasteiger partial charge in [0, 0.05) is 27.8 Å². The Morgan fingerprint density at radius 1 is 0.773 bits per heavy atom. The first kappa shape index (κ1) is 13.4. The van der Waals surface area contributed by atoms with Gasteiger partial charge in [-0.25, -0.2) is 0 Å². The maximum absolute atomic E-state index is 12.7. The highest BCUT2D eigenvalue weighted by atomic mass is 16.7. The van der Waals surface area contributed by atoms with Crippen LogP contribution in [-0.2, 0) is 9.47 Å². The predicted octanol–water partition coefficient (Wildman–Crippen LogP) is 2.90. The molecule has 22 heavy (non-hydrogen) atoms. The quantitative estimate of drug-likeness (QED) is 0.692. The Hall–Kier alpha value is -2.30. The van der Waals surface area contributed by atoms with Gasteiger partial charge in [0.1, 0.15) is 0 Å². The highest BCUT2D eigenvalue weighted by molar-refractivity contribution is 6.28. The van der Waals surface area contributed by atoms with E-state index >= 15 is 0 Å². The molecule has 0 saturated carbocycles. The van der Waals surface area contributed by atoms with E-state index in [1.54, 1.807) is 42.5 Å². The standard InChI is InChI=1S/C18H14O4/c19-16-12-4-1-2-5-13(12)17(20)15-10-11(6-7-14(15)16)18-21-8-3-9-22-18/h1-2,4-7,10,18H,3,8-9H2. The number of benzene rings is 2. The maximum atomic E-state index is 12.7. The second kappa shape index (κ2) is 5.16. The first-order chi connectivity index (χ1) is 10.8. The summed E-state index contributed by atoms with van der Waals surface area (Å²) in [6.07, 6.45) is 0.408. The Morgan fingerprint density at radius 3 is 2.05 bits per heavy atom. The van der Waals surface area contributed by atoms with Crippen LogP contribution in [0, 0.1) is 0 Å². The zero-order valence-electron chi connectivity index (χ0n) is 11.9. The molecule has 1 fully saturated rings. The largest absolute Gasteiger partial charge is 0.348 e. The summed E-state index contributed by atoms with van der Waals surface area (Å²) in [4.78, 5) is 25.2. The van der Waals surface area contributed by atoms with E-state index in [9.17, 15) is 9.59 Å². The number of hydrogen-bond acceptors (Lipinski definition) is 4. The smallest absolute Gasteiger partial charge is 0.194 e. The lowest BCUT2D eigenvalue weighted by atomic mass is 9.83. The monoisotopic (exact) mass is 294 g/mol. The lowest BCUT2D eigenvalue weighted by molar-refractivity contribution is -0.183. The van der Waals surface area contributed by atoms with Crippen LogP contribution in [0.5, 0.6) is 0 Å². The molecule has 2 aliphatic rings. The van der Waals surface area contributed by atoms with Gasteiger partial charge in [0.2, 0.25) is 0 Å². The van der Waals surface area contributed by atoms with Crippen molar-refractivity contribution in [2.45, 2.75) is 12.7 Å². The van der Waals surface area contributed by atoms with E-state index in [1.807, 2.05) is 0 Å². The van der Waals surface area contributed by atoms with Gasteiger partial charge in [0.05, 0.1) is 13.2 Å². The first-order valence-corrected chi connectivity index (χ1v) is 7.31. The third kappa shape index (κ3) is 2.00. The molecule has 2 aromatic rings. The third-order valence-electron chi connectivity index (χ3n) is 4.05. The Bertz CT molecular complexity index is 772. The van der Waals surface area contributed by atoms with Crippen molar-refractivity contribution in [2.24, 2.45) is 0 Å². The van der Waals surface area contributed by atoms with Crippen molar-refractivity contribution in [3.63, 3.8) is 0 Å². The number of carbonyl (C=O) groups is 2. The molecule has 4 nitrogen and oxygen atoms in total. The van der Waals surface area contributed by atoms with Crippen molar-refractivity contribution < 1.29 is 19.1 Å². The van der Waals surface area contributed by atoms with Gasteiger partial charge < -0.3 is 9.47 Å². The van der Waals surface area contributed by atoms with Gasteiger partial charge in [-0.1, -0.05) is 30.3 Å². The molecular weight excluding hydrogens is 280 g/mol.